The van der Waals surface area contributed by atoms with Crippen LogP contribution >= 0.6 is 0 Å². The van der Waals surface area contributed by atoms with E-state index in [4.69, 9.17) is 10.8 Å². The third-order valence-electron chi connectivity index (χ3n) is 3.40. The second-order valence-corrected chi connectivity index (χ2v) is 4.59. The molecule has 0 saturated carbocycles. The highest BCUT2D eigenvalue weighted by Gasteiger charge is 2.31. The molecule has 2 aliphatic rings. The van der Waals surface area contributed by atoms with Crippen molar-refractivity contribution in [3.63, 3.8) is 0 Å². The Morgan fingerprint density at radius 2 is 2.39 bits per heavy atom. The van der Waals surface area contributed by atoms with E-state index >= 15 is 0 Å². The number of aliphatic hydroxyl groups is 1. The number of nitrogen functional groups attached to an aromatic ring is 1. The smallest absolute Gasteiger partial charge is 0.277 e. The molecular weight excluding hydrogens is 234 g/mol. The van der Waals surface area contributed by atoms with Crippen LogP contribution in [0.25, 0.3) is 0 Å². The summed E-state index contributed by atoms with van der Waals surface area (Å²) in [5, 5.41) is 12.2. The normalized spacial score (nSPS) is 25.3. The van der Waals surface area contributed by atoms with E-state index in [2.05, 4.69) is 15.3 Å². The fraction of sp³-hybridized carbons (Fsp3) is 0.455. The van der Waals surface area contributed by atoms with E-state index in [1.807, 2.05) is 17.1 Å². The molecule has 7 nitrogen and oxygen atoms in total. The van der Waals surface area contributed by atoms with Gasteiger partial charge in [0, 0.05) is 12.5 Å². The molecule has 0 amide bonds. The van der Waals surface area contributed by atoms with Gasteiger partial charge in [-0.15, -0.1) is 0 Å². The van der Waals surface area contributed by atoms with Gasteiger partial charge < -0.3 is 21.1 Å². The van der Waals surface area contributed by atoms with Crippen LogP contribution in [0.15, 0.2) is 16.9 Å². The zero-order valence-corrected chi connectivity index (χ0v) is 9.76. The average Bonchev–Trinajstić information content (AvgIpc) is 2.93. The summed E-state index contributed by atoms with van der Waals surface area (Å²) in [6, 6.07) is 0.143. The standard InChI is InChI=1S/C11H15N5O2/c12-11-14-9-8(10(18)15-11)13-5-16(9)7-2-1-6(3-7)4-17/h1-2,6-7,13,17H,3-5H2,(H3,12,14,15,18). The molecule has 7 heteroatoms. The minimum absolute atomic E-state index is 0.119. The van der Waals surface area contributed by atoms with Crippen LogP contribution in [0.5, 0.6) is 0 Å². The lowest BCUT2D eigenvalue weighted by Gasteiger charge is -2.24. The first-order valence-corrected chi connectivity index (χ1v) is 5.88. The number of hydrogen-bond donors (Lipinski definition) is 4. The summed E-state index contributed by atoms with van der Waals surface area (Å²) in [4.78, 5) is 20.3. The Kier molecular flexibility index (Phi) is 2.48. The first-order valence-electron chi connectivity index (χ1n) is 5.88. The van der Waals surface area contributed by atoms with Crippen molar-refractivity contribution >= 4 is 17.5 Å². The van der Waals surface area contributed by atoms with Crippen LogP contribution in [-0.4, -0.2) is 34.4 Å². The number of nitrogens with two attached hydrogens (primary N) is 1. The quantitative estimate of drug-likeness (QED) is 0.525. The van der Waals surface area contributed by atoms with Crippen molar-refractivity contribution in [2.24, 2.45) is 5.92 Å². The molecule has 0 spiro atoms. The molecule has 0 fully saturated rings. The van der Waals surface area contributed by atoms with Gasteiger partial charge in [-0.25, -0.2) is 0 Å². The SMILES string of the molecule is Nc1nc2c(c(=O)[nH]1)NCN2C1C=CC(CO)C1. The molecule has 5 N–H and O–H groups in total. The van der Waals surface area contributed by atoms with Crippen LogP contribution in [0.1, 0.15) is 6.42 Å². The highest BCUT2D eigenvalue weighted by molar-refractivity contribution is 5.71. The van der Waals surface area contributed by atoms with Crippen molar-refractivity contribution < 1.29 is 5.11 Å². The summed E-state index contributed by atoms with van der Waals surface area (Å²) in [5.41, 5.74) is 5.78. The van der Waals surface area contributed by atoms with Gasteiger partial charge in [0.2, 0.25) is 5.95 Å². The summed E-state index contributed by atoms with van der Waals surface area (Å²) < 4.78 is 0. The van der Waals surface area contributed by atoms with Gasteiger partial charge in [-0.2, -0.15) is 4.98 Å². The maximum atomic E-state index is 11.7. The third kappa shape index (κ3) is 1.63. The Hall–Kier alpha value is -2.02. The maximum Gasteiger partial charge on any atom is 0.277 e. The van der Waals surface area contributed by atoms with Crippen molar-refractivity contribution in [2.75, 3.05) is 29.2 Å². The molecule has 1 aliphatic carbocycles. The fourth-order valence-electron chi connectivity index (χ4n) is 2.48. The first kappa shape index (κ1) is 11.1. The minimum atomic E-state index is -0.249. The molecule has 2 atom stereocenters. The Bertz CT molecular complexity index is 553. The molecule has 0 radical (unpaired) electrons. The monoisotopic (exact) mass is 249 g/mol. The molecule has 96 valence electrons. The second kappa shape index (κ2) is 4.02. The summed E-state index contributed by atoms with van der Waals surface area (Å²) in [6.07, 6.45) is 4.86. The average molecular weight is 249 g/mol. The van der Waals surface area contributed by atoms with Gasteiger partial charge in [0.05, 0.1) is 12.7 Å². The first-order chi connectivity index (χ1) is 8.69. The molecule has 2 unspecified atom stereocenters. The molecule has 1 aromatic heterocycles. The van der Waals surface area contributed by atoms with Gasteiger partial charge in [0.25, 0.3) is 5.56 Å². The number of aromatic amines is 1. The summed E-state index contributed by atoms with van der Waals surface area (Å²) in [6.45, 7) is 0.675. The lowest BCUT2D eigenvalue weighted by atomic mass is 10.1. The number of H-pyrrole nitrogens is 1. The van der Waals surface area contributed by atoms with E-state index in [1.165, 1.54) is 0 Å². The number of aliphatic hydroxyl groups excluding tert-OH is 1. The molecular formula is C11H15N5O2. The zero-order valence-electron chi connectivity index (χ0n) is 9.76. The Morgan fingerprint density at radius 1 is 1.56 bits per heavy atom. The molecule has 0 bridgehead atoms. The number of fused-ring (bicyclic) bond motifs is 1. The van der Waals surface area contributed by atoms with E-state index < -0.39 is 0 Å². The van der Waals surface area contributed by atoms with E-state index in [0.29, 0.717) is 18.2 Å². The van der Waals surface area contributed by atoms with E-state index in [1.54, 1.807) is 0 Å². The van der Waals surface area contributed by atoms with Crippen LogP contribution in [-0.2, 0) is 0 Å². The Balaban J connectivity index is 1.92. The number of anilines is 3. The molecule has 3 rings (SSSR count). The second-order valence-electron chi connectivity index (χ2n) is 4.59. The van der Waals surface area contributed by atoms with Crippen LogP contribution < -0.4 is 21.5 Å². The van der Waals surface area contributed by atoms with Crippen molar-refractivity contribution in [3.05, 3.63) is 22.5 Å². The number of nitrogens with zero attached hydrogens (tertiary/aromatic N) is 2. The summed E-state index contributed by atoms with van der Waals surface area (Å²) in [7, 11) is 0. The molecule has 1 aliphatic heterocycles. The lowest BCUT2D eigenvalue weighted by Crippen LogP contribution is -2.33. The highest BCUT2D eigenvalue weighted by Crippen LogP contribution is 2.32. The van der Waals surface area contributed by atoms with Crippen LogP contribution in [0, 0.1) is 5.92 Å². The van der Waals surface area contributed by atoms with Crippen molar-refractivity contribution in [1.82, 2.24) is 9.97 Å². The minimum Gasteiger partial charge on any atom is -0.396 e. The number of nitrogens with one attached hydrogen (secondary N) is 2. The molecule has 1 aromatic rings. The van der Waals surface area contributed by atoms with Gasteiger partial charge >= 0.3 is 0 Å². The molecule has 0 saturated heterocycles. The van der Waals surface area contributed by atoms with Gasteiger partial charge in [0.15, 0.2) is 5.82 Å². The number of aromatic nitrogens is 2. The Morgan fingerprint density at radius 3 is 3.11 bits per heavy atom. The van der Waals surface area contributed by atoms with Crippen LogP contribution in [0.2, 0.25) is 0 Å². The van der Waals surface area contributed by atoms with E-state index in [0.717, 1.165) is 6.42 Å². The van der Waals surface area contributed by atoms with Crippen molar-refractivity contribution in [2.45, 2.75) is 12.5 Å². The number of rotatable bonds is 2. The van der Waals surface area contributed by atoms with E-state index in [-0.39, 0.29) is 30.1 Å². The molecule has 2 heterocycles. The van der Waals surface area contributed by atoms with Crippen LogP contribution in [0.4, 0.5) is 17.5 Å². The number of hydrogen-bond acceptors (Lipinski definition) is 6. The highest BCUT2D eigenvalue weighted by atomic mass is 16.3. The predicted octanol–water partition coefficient (Wildman–Crippen LogP) is -0.522. The van der Waals surface area contributed by atoms with Gasteiger partial charge in [0.1, 0.15) is 5.69 Å². The lowest BCUT2D eigenvalue weighted by molar-refractivity contribution is 0.248. The van der Waals surface area contributed by atoms with Gasteiger partial charge in [-0.1, -0.05) is 12.2 Å². The molecule has 0 aromatic carbocycles. The summed E-state index contributed by atoms with van der Waals surface area (Å²) in [5.74, 6) is 0.885. The molecule has 18 heavy (non-hydrogen) atoms. The largest absolute Gasteiger partial charge is 0.396 e. The fourth-order valence-corrected chi connectivity index (χ4v) is 2.48. The maximum absolute atomic E-state index is 11.7. The Labute approximate surface area is 103 Å². The topological polar surface area (TPSA) is 107 Å². The van der Waals surface area contributed by atoms with Gasteiger partial charge in [-0.3, -0.25) is 9.78 Å². The predicted molar refractivity (Wildman–Crippen MR) is 68.4 cm³/mol. The zero-order chi connectivity index (χ0) is 12.7. The van der Waals surface area contributed by atoms with E-state index in [9.17, 15) is 4.79 Å². The van der Waals surface area contributed by atoms with Gasteiger partial charge in [-0.05, 0) is 6.42 Å². The van der Waals surface area contributed by atoms with Crippen LogP contribution in [0.3, 0.4) is 0 Å². The third-order valence-corrected chi connectivity index (χ3v) is 3.40. The van der Waals surface area contributed by atoms with Crippen molar-refractivity contribution in [1.29, 1.82) is 0 Å². The van der Waals surface area contributed by atoms with Crippen molar-refractivity contribution in [3.8, 4) is 0 Å². The summed E-state index contributed by atoms with van der Waals surface area (Å²) >= 11 is 0.